The van der Waals surface area contributed by atoms with E-state index in [-0.39, 0.29) is 0 Å². The van der Waals surface area contributed by atoms with Crippen LogP contribution in [0, 0.1) is 5.92 Å². The number of hydrazine groups is 1. The fourth-order valence-corrected chi connectivity index (χ4v) is 2.53. The lowest BCUT2D eigenvalue weighted by molar-refractivity contribution is 0.429. The van der Waals surface area contributed by atoms with Crippen LogP contribution in [0.15, 0.2) is 28.1 Å². The molecule has 1 heterocycles. The summed E-state index contributed by atoms with van der Waals surface area (Å²) in [5.41, 5.74) is 1.10. The Morgan fingerprint density at radius 2 is 2.12 bits per heavy atom. The maximum atomic E-state index is 6.09. The first-order valence-electron chi connectivity index (χ1n) is 5.89. The Hall–Kier alpha value is -0.800. The zero-order valence-corrected chi connectivity index (χ0v) is 10.4. The monoisotopic (exact) mass is 239 g/mol. The molecule has 0 amide bonds. The number of hydrogen-bond acceptors (Lipinski definition) is 3. The van der Waals surface area contributed by atoms with E-state index >= 15 is 0 Å². The Bertz CT molecular complexity index is 351. The van der Waals surface area contributed by atoms with Crippen molar-refractivity contribution in [1.82, 2.24) is 5.01 Å². The smallest absolute Gasteiger partial charge is 0.144 e. The number of rotatable bonds is 1. The van der Waals surface area contributed by atoms with Crippen molar-refractivity contribution in [2.24, 2.45) is 16.8 Å². The maximum Gasteiger partial charge on any atom is 0.144 e. The highest BCUT2D eigenvalue weighted by molar-refractivity contribution is 6.31. The van der Waals surface area contributed by atoms with Gasteiger partial charge in [-0.1, -0.05) is 30.9 Å². The van der Waals surface area contributed by atoms with Crippen LogP contribution in [0.5, 0.6) is 0 Å². The van der Waals surface area contributed by atoms with Crippen LogP contribution in [0.25, 0.3) is 0 Å². The number of nitrogens with two attached hydrogens (primary N) is 1. The summed E-state index contributed by atoms with van der Waals surface area (Å²) in [5.74, 6) is 7.09. The molecule has 0 atom stereocenters. The van der Waals surface area contributed by atoms with Crippen LogP contribution < -0.4 is 5.84 Å². The highest BCUT2D eigenvalue weighted by atomic mass is 35.5. The summed E-state index contributed by atoms with van der Waals surface area (Å²) in [6, 6.07) is 0. The number of nitrogens with zero attached hydrogens (tertiary/aromatic N) is 2. The van der Waals surface area contributed by atoms with Gasteiger partial charge in [-0.3, -0.25) is 5.01 Å². The highest BCUT2D eigenvalue weighted by Gasteiger charge is 2.23. The minimum absolute atomic E-state index is 0.559. The molecule has 0 spiro atoms. The van der Waals surface area contributed by atoms with Crippen molar-refractivity contribution in [3.8, 4) is 0 Å². The first kappa shape index (κ1) is 11.7. The Balaban J connectivity index is 2.20. The molecule has 2 N–H and O–H groups in total. The number of allylic oxidation sites excluding steroid dienone is 2. The number of aliphatic imine (C=N–C) groups is 1. The molecule has 1 fully saturated rings. The van der Waals surface area contributed by atoms with E-state index in [4.69, 9.17) is 17.4 Å². The summed E-state index contributed by atoms with van der Waals surface area (Å²) in [6.07, 6.45) is 10.2. The van der Waals surface area contributed by atoms with Crippen molar-refractivity contribution in [3.05, 3.63) is 23.1 Å². The summed E-state index contributed by atoms with van der Waals surface area (Å²) in [7, 11) is 0. The summed E-state index contributed by atoms with van der Waals surface area (Å²) in [5, 5.41) is 1.98. The van der Waals surface area contributed by atoms with Crippen molar-refractivity contribution in [2.75, 3.05) is 0 Å². The predicted octanol–water partition coefficient (Wildman–Crippen LogP) is 3.14. The van der Waals surface area contributed by atoms with Gasteiger partial charge in [0.25, 0.3) is 0 Å². The topological polar surface area (TPSA) is 41.6 Å². The Morgan fingerprint density at radius 3 is 2.75 bits per heavy atom. The van der Waals surface area contributed by atoms with Crippen LogP contribution >= 0.6 is 11.6 Å². The van der Waals surface area contributed by atoms with Gasteiger partial charge in [-0.05, 0) is 31.9 Å². The average Bonchev–Trinajstić information content (AvgIpc) is 2.33. The minimum Gasteiger partial charge on any atom is -0.251 e. The first-order chi connectivity index (χ1) is 7.72. The molecule has 1 aliphatic carbocycles. The third-order valence-corrected chi connectivity index (χ3v) is 3.56. The molecule has 2 aliphatic rings. The van der Waals surface area contributed by atoms with Crippen LogP contribution in [0.4, 0.5) is 0 Å². The van der Waals surface area contributed by atoms with Gasteiger partial charge in [0.15, 0.2) is 0 Å². The van der Waals surface area contributed by atoms with E-state index in [2.05, 4.69) is 4.99 Å². The van der Waals surface area contributed by atoms with Crippen LogP contribution in [0.3, 0.4) is 0 Å². The quantitative estimate of drug-likeness (QED) is 0.564. The normalized spacial score (nSPS) is 25.7. The lowest BCUT2D eigenvalue weighted by Crippen LogP contribution is -2.32. The molecule has 1 aliphatic heterocycles. The third kappa shape index (κ3) is 2.30. The zero-order chi connectivity index (χ0) is 11.5. The largest absolute Gasteiger partial charge is 0.251 e. The second-order valence-corrected chi connectivity index (χ2v) is 4.74. The molecule has 0 aromatic carbocycles. The molecule has 0 unspecified atom stereocenters. The van der Waals surface area contributed by atoms with Crippen molar-refractivity contribution in [3.63, 3.8) is 0 Å². The van der Waals surface area contributed by atoms with Crippen molar-refractivity contribution < 1.29 is 0 Å². The number of halogens is 1. The summed E-state index contributed by atoms with van der Waals surface area (Å²) in [4.78, 5) is 4.57. The summed E-state index contributed by atoms with van der Waals surface area (Å²) in [6.45, 7) is 1.92. The molecule has 4 heteroatoms. The highest BCUT2D eigenvalue weighted by Crippen LogP contribution is 2.29. The van der Waals surface area contributed by atoms with E-state index in [9.17, 15) is 0 Å². The maximum absolute atomic E-state index is 6.09. The van der Waals surface area contributed by atoms with Crippen molar-refractivity contribution in [1.29, 1.82) is 0 Å². The molecule has 88 valence electrons. The standard InChI is InChI=1S/C12H18ClN3/c1-2-12-15-10(8-11(13)16(12)14)9-6-4-3-5-7-9/h2,8-9H,3-7,14H2,1H3/b12-2-. The van der Waals surface area contributed by atoms with Crippen molar-refractivity contribution in [2.45, 2.75) is 39.0 Å². The van der Waals surface area contributed by atoms with Crippen molar-refractivity contribution >= 4 is 17.3 Å². The molecular weight excluding hydrogens is 222 g/mol. The van der Waals surface area contributed by atoms with Crippen LogP contribution in [0.1, 0.15) is 39.0 Å². The minimum atomic E-state index is 0.559. The molecule has 3 nitrogen and oxygen atoms in total. The van der Waals surface area contributed by atoms with Gasteiger partial charge in [-0.25, -0.2) is 10.8 Å². The Morgan fingerprint density at radius 1 is 1.44 bits per heavy atom. The molecule has 0 saturated heterocycles. The number of hydrogen-bond donors (Lipinski definition) is 1. The first-order valence-corrected chi connectivity index (χ1v) is 6.27. The average molecular weight is 240 g/mol. The molecule has 0 radical (unpaired) electrons. The molecular formula is C12H18ClN3. The van der Waals surface area contributed by atoms with Gasteiger partial charge in [0.1, 0.15) is 11.0 Å². The second kappa shape index (κ2) is 5.02. The van der Waals surface area contributed by atoms with Crippen LogP contribution in [0.2, 0.25) is 0 Å². The Labute approximate surface area is 102 Å². The summed E-state index contributed by atoms with van der Waals surface area (Å²) >= 11 is 6.09. The van der Waals surface area contributed by atoms with Gasteiger partial charge in [-0.15, -0.1) is 0 Å². The van der Waals surface area contributed by atoms with E-state index in [0.717, 1.165) is 11.5 Å². The zero-order valence-electron chi connectivity index (χ0n) is 9.62. The fourth-order valence-electron chi connectivity index (χ4n) is 2.33. The van der Waals surface area contributed by atoms with E-state index in [0.29, 0.717) is 11.1 Å². The molecule has 0 bridgehead atoms. The van der Waals surface area contributed by atoms with Gasteiger partial charge < -0.3 is 0 Å². The lowest BCUT2D eigenvalue weighted by atomic mass is 9.85. The SMILES string of the molecule is C/C=C1/N=C(C2CCCCC2)C=C(Cl)N1N. The third-order valence-electron chi connectivity index (χ3n) is 3.27. The van der Waals surface area contributed by atoms with Gasteiger partial charge in [-0.2, -0.15) is 0 Å². The van der Waals surface area contributed by atoms with E-state index < -0.39 is 0 Å². The van der Waals surface area contributed by atoms with Crippen LogP contribution in [-0.2, 0) is 0 Å². The molecule has 0 aromatic heterocycles. The Kier molecular flexibility index (Phi) is 3.66. The van der Waals surface area contributed by atoms with E-state index in [1.54, 1.807) is 0 Å². The van der Waals surface area contributed by atoms with E-state index in [1.165, 1.54) is 37.1 Å². The van der Waals surface area contributed by atoms with Crippen LogP contribution in [-0.4, -0.2) is 10.7 Å². The summed E-state index contributed by atoms with van der Waals surface area (Å²) < 4.78 is 0. The second-order valence-electron chi connectivity index (χ2n) is 4.36. The molecule has 0 aromatic rings. The van der Waals surface area contributed by atoms with E-state index in [1.807, 2.05) is 19.1 Å². The molecule has 16 heavy (non-hydrogen) atoms. The van der Waals surface area contributed by atoms with Gasteiger partial charge >= 0.3 is 0 Å². The van der Waals surface area contributed by atoms with Gasteiger partial charge in [0, 0.05) is 11.6 Å². The lowest BCUT2D eigenvalue weighted by Gasteiger charge is -2.28. The molecule has 1 saturated carbocycles. The fraction of sp³-hybridized carbons (Fsp3) is 0.583. The van der Waals surface area contributed by atoms with Gasteiger partial charge in [0.2, 0.25) is 0 Å². The molecule has 2 rings (SSSR count). The van der Waals surface area contributed by atoms with Gasteiger partial charge in [0.05, 0.1) is 0 Å². The predicted molar refractivity (Wildman–Crippen MR) is 67.7 cm³/mol.